The molecule has 88 valence electrons. The van der Waals surface area contributed by atoms with Crippen molar-refractivity contribution >= 4 is 10.9 Å². The van der Waals surface area contributed by atoms with Gasteiger partial charge in [-0.05, 0) is 49.9 Å². The molecule has 1 aliphatic carbocycles. The van der Waals surface area contributed by atoms with Crippen LogP contribution in [-0.2, 0) is 0 Å². The highest BCUT2D eigenvalue weighted by atomic mass is 14.9. The van der Waals surface area contributed by atoms with Crippen LogP contribution in [0.3, 0.4) is 0 Å². The lowest BCUT2D eigenvalue weighted by Crippen LogP contribution is -2.20. The number of aromatic nitrogens is 1. The van der Waals surface area contributed by atoms with E-state index in [0.717, 1.165) is 18.0 Å². The molecule has 0 aliphatic heterocycles. The van der Waals surface area contributed by atoms with E-state index in [1.165, 1.54) is 23.8 Å². The molecule has 1 N–H and O–H groups in total. The lowest BCUT2D eigenvalue weighted by molar-refractivity contribution is 0.549. The van der Waals surface area contributed by atoms with Gasteiger partial charge in [0.2, 0.25) is 0 Å². The number of nitrogens with one attached hydrogen (secondary N) is 1. The third-order valence-electron chi connectivity index (χ3n) is 3.54. The van der Waals surface area contributed by atoms with Gasteiger partial charge in [0, 0.05) is 17.6 Å². The Labute approximate surface area is 102 Å². The van der Waals surface area contributed by atoms with Crippen molar-refractivity contribution in [3.63, 3.8) is 0 Å². The molecule has 0 radical (unpaired) electrons. The Kier molecular flexibility index (Phi) is 2.81. The summed E-state index contributed by atoms with van der Waals surface area (Å²) >= 11 is 0. The molecule has 0 spiro atoms. The predicted octanol–water partition coefficient (Wildman–Crippen LogP) is 3.30. The predicted molar refractivity (Wildman–Crippen MR) is 70.9 cm³/mol. The molecule has 2 heteroatoms. The lowest BCUT2D eigenvalue weighted by Gasteiger charge is -2.14. The molecule has 1 heterocycles. The van der Waals surface area contributed by atoms with Gasteiger partial charge in [-0.3, -0.25) is 4.98 Å². The van der Waals surface area contributed by atoms with Crippen LogP contribution in [0.15, 0.2) is 36.5 Å². The second-order valence-electron chi connectivity index (χ2n) is 5.03. The minimum Gasteiger partial charge on any atom is -0.310 e. The summed E-state index contributed by atoms with van der Waals surface area (Å²) in [4.78, 5) is 4.40. The molecule has 17 heavy (non-hydrogen) atoms. The highest BCUT2D eigenvalue weighted by Gasteiger charge is 2.21. The summed E-state index contributed by atoms with van der Waals surface area (Å²) in [5.74, 6) is 0.927. The maximum Gasteiger partial charge on any atom is 0.0705 e. The summed E-state index contributed by atoms with van der Waals surface area (Å²) in [6.07, 6.45) is 4.66. The number of hydrogen-bond donors (Lipinski definition) is 1. The molecular formula is C15H18N2. The molecule has 0 saturated heterocycles. The summed E-state index contributed by atoms with van der Waals surface area (Å²) in [5, 5.41) is 4.81. The first-order valence-electron chi connectivity index (χ1n) is 6.41. The molecule has 1 aromatic carbocycles. The van der Waals surface area contributed by atoms with Gasteiger partial charge in [-0.15, -0.1) is 0 Å². The average molecular weight is 226 g/mol. The van der Waals surface area contributed by atoms with Crippen molar-refractivity contribution in [3.05, 3.63) is 42.1 Å². The van der Waals surface area contributed by atoms with Gasteiger partial charge in [-0.1, -0.05) is 18.2 Å². The highest BCUT2D eigenvalue weighted by Crippen LogP contribution is 2.28. The summed E-state index contributed by atoms with van der Waals surface area (Å²) in [6, 6.07) is 11.1. The Hall–Kier alpha value is -1.41. The Bertz CT molecular complexity index is 517. The van der Waals surface area contributed by atoms with Crippen molar-refractivity contribution < 1.29 is 0 Å². The number of rotatable bonds is 4. The summed E-state index contributed by atoms with van der Waals surface area (Å²) in [5.41, 5.74) is 2.42. The van der Waals surface area contributed by atoms with Gasteiger partial charge in [0.05, 0.1) is 5.52 Å². The quantitative estimate of drug-likeness (QED) is 0.865. The molecule has 3 rings (SSSR count). The first kappa shape index (κ1) is 10.7. The molecule has 2 nitrogen and oxygen atoms in total. The summed E-state index contributed by atoms with van der Waals surface area (Å²) in [7, 11) is 0. The number of benzene rings is 1. The minimum absolute atomic E-state index is 0.419. The zero-order valence-corrected chi connectivity index (χ0v) is 10.2. The zero-order chi connectivity index (χ0) is 11.7. The zero-order valence-electron chi connectivity index (χ0n) is 10.2. The summed E-state index contributed by atoms with van der Waals surface area (Å²) < 4.78 is 0. The van der Waals surface area contributed by atoms with E-state index in [1.54, 1.807) is 0 Å². The third kappa shape index (κ3) is 2.47. The average Bonchev–Trinajstić information content (AvgIpc) is 3.19. The normalized spacial score (nSPS) is 17.2. The smallest absolute Gasteiger partial charge is 0.0705 e. The third-order valence-corrected chi connectivity index (χ3v) is 3.54. The second kappa shape index (κ2) is 4.46. The molecule has 1 fully saturated rings. The van der Waals surface area contributed by atoms with Crippen LogP contribution in [0.2, 0.25) is 0 Å². The van der Waals surface area contributed by atoms with Crippen LogP contribution in [-0.4, -0.2) is 11.5 Å². The van der Waals surface area contributed by atoms with Crippen molar-refractivity contribution in [1.82, 2.24) is 10.3 Å². The van der Waals surface area contributed by atoms with Crippen LogP contribution in [0.4, 0.5) is 0 Å². The molecule has 0 bridgehead atoms. The SMILES string of the molecule is CC(NCC1CC1)c1ccc2cccnc2c1. The fourth-order valence-corrected chi connectivity index (χ4v) is 2.14. The van der Waals surface area contributed by atoms with Gasteiger partial charge in [0.25, 0.3) is 0 Å². The van der Waals surface area contributed by atoms with E-state index < -0.39 is 0 Å². The second-order valence-corrected chi connectivity index (χ2v) is 5.03. The molecule has 1 aromatic heterocycles. The maximum atomic E-state index is 4.40. The van der Waals surface area contributed by atoms with Crippen LogP contribution < -0.4 is 5.32 Å². The van der Waals surface area contributed by atoms with E-state index in [2.05, 4.69) is 41.5 Å². The van der Waals surface area contributed by atoms with Crippen molar-refractivity contribution in [3.8, 4) is 0 Å². The van der Waals surface area contributed by atoms with Gasteiger partial charge in [-0.25, -0.2) is 0 Å². The van der Waals surface area contributed by atoms with Gasteiger partial charge in [0.15, 0.2) is 0 Å². The van der Waals surface area contributed by atoms with E-state index in [4.69, 9.17) is 0 Å². The van der Waals surface area contributed by atoms with Crippen LogP contribution in [0, 0.1) is 5.92 Å². The fraction of sp³-hybridized carbons (Fsp3) is 0.400. The fourth-order valence-electron chi connectivity index (χ4n) is 2.14. The topological polar surface area (TPSA) is 24.9 Å². The Morgan fingerprint density at radius 1 is 1.35 bits per heavy atom. The van der Waals surface area contributed by atoms with Gasteiger partial charge >= 0.3 is 0 Å². The largest absolute Gasteiger partial charge is 0.310 e. The Balaban J connectivity index is 1.78. The molecule has 1 saturated carbocycles. The number of hydrogen-bond acceptors (Lipinski definition) is 2. The van der Waals surface area contributed by atoms with E-state index in [1.807, 2.05) is 12.3 Å². The maximum absolute atomic E-state index is 4.40. The van der Waals surface area contributed by atoms with Crippen molar-refractivity contribution in [2.75, 3.05) is 6.54 Å². The van der Waals surface area contributed by atoms with Gasteiger partial charge in [-0.2, -0.15) is 0 Å². The molecule has 1 aliphatic rings. The lowest BCUT2D eigenvalue weighted by atomic mass is 10.1. The van der Waals surface area contributed by atoms with Gasteiger partial charge in [0.1, 0.15) is 0 Å². The molecule has 1 unspecified atom stereocenters. The molecular weight excluding hydrogens is 208 g/mol. The molecule has 2 aromatic rings. The highest BCUT2D eigenvalue weighted by molar-refractivity contribution is 5.78. The molecule has 0 amide bonds. The van der Waals surface area contributed by atoms with Crippen LogP contribution in [0.1, 0.15) is 31.4 Å². The summed E-state index contributed by atoms with van der Waals surface area (Å²) in [6.45, 7) is 3.38. The van der Waals surface area contributed by atoms with Crippen molar-refractivity contribution in [2.24, 2.45) is 5.92 Å². The number of nitrogens with zero attached hydrogens (tertiary/aromatic N) is 1. The van der Waals surface area contributed by atoms with E-state index >= 15 is 0 Å². The van der Waals surface area contributed by atoms with Crippen molar-refractivity contribution in [2.45, 2.75) is 25.8 Å². The van der Waals surface area contributed by atoms with E-state index in [-0.39, 0.29) is 0 Å². The van der Waals surface area contributed by atoms with E-state index in [0.29, 0.717) is 6.04 Å². The van der Waals surface area contributed by atoms with Crippen LogP contribution in [0.25, 0.3) is 10.9 Å². The first-order valence-corrected chi connectivity index (χ1v) is 6.41. The first-order chi connectivity index (χ1) is 8.33. The molecule has 1 atom stereocenters. The number of pyridine rings is 1. The van der Waals surface area contributed by atoms with Crippen LogP contribution in [0.5, 0.6) is 0 Å². The van der Waals surface area contributed by atoms with Crippen LogP contribution >= 0.6 is 0 Å². The monoisotopic (exact) mass is 226 g/mol. The van der Waals surface area contributed by atoms with Gasteiger partial charge < -0.3 is 5.32 Å². The Morgan fingerprint density at radius 2 is 2.24 bits per heavy atom. The minimum atomic E-state index is 0.419. The number of fused-ring (bicyclic) bond motifs is 1. The standard InChI is InChI=1S/C15H18N2/c1-11(17-10-12-4-5-12)14-7-6-13-3-2-8-16-15(13)9-14/h2-3,6-9,11-12,17H,4-5,10H2,1H3. The van der Waals surface area contributed by atoms with Crippen molar-refractivity contribution in [1.29, 1.82) is 0 Å². The Morgan fingerprint density at radius 3 is 3.06 bits per heavy atom. The van der Waals surface area contributed by atoms with E-state index in [9.17, 15) is 0 Å².